The second kappa shape index (κ2) is 5.45. The molecule has 1 aliphatic carbocycles. The number of thioether (sulfide) groups is 1. The number of nitrogens with zero attached hydrogens (tertiary/aromatic N) is 4. The van der Waals surface area contributed by atoms with E-state index in [9.17, 15) is 4.79 Å². The molecule has 0 spiro atoms. The summed E-state index contributed by atoms with van der Waals surface area (Å²) in [5.74, 6) is 2.91. The normalized spacial score (nSPS) is 14.7. The van der Waals surface area contributed by atoms with E-state index in [4.69, 9.17) is 0 Å². The molecule has 6 nitrogen and oxygen atoms in total. The molecule has 3 aromatic heterocycles. The lowest BCUT2D eigenvalue weighted by Gasteiger charge is -2.03. The number of H-pyrrole nitrogens is 1. The van der Waals surface area contributed by atoms with E-state index in [2.05, 4.69) is 24.7 Å². The van der Waals surface area contributed by atoms with E-state index in [0.29, 0.717) is 17.5 Å². The maximum atomic E-state index is 12.3. The summed E-state index contributed by atoms with van der Waals surface area (Å²) in [4.78, 5) is 21.7. The first kappa shape index (κ1) is 14.9. The molecule has 0 bridgehead atoms. The van der Waals surface area contributed by atoms with Gasteiger partial charge in [-0.1, -0.05) is 11.8 Å². The Balaban J connectivity index is 1.59. The molecule has 3 heterocycles. The minimum atomic E-state index is -0.0518. The summed E-state index contributed by atoms with van der Waals surface area (Å²) < 4.78 is 2.05. The Labute approximate surface area is 141 Å². The van der Waals surface area contributed by atoms with Gasteiger partial charge >= 0.3 is 0 Å². The molecular weight excluding hydrogens is 330 g/mol. The summed E-state index contributed by atoms with van der Waals surface area (Å²) in [6, 6.07) is 0. The van der Waals surface area contributed by atoms with Gasteiger partial charge in [0.1, 0.15) is 16.5 Å². The molecule has 1 N–H and O–H groups in total. The van der Waals surface area contributed by atoms with Crippen molar-refractivity contribution in [3.05, 3.63) is 32.4 Å². The fraction of sp³-hybridized carbons (Fsp3) is 0.467. The van der Waals surface area contributed by atoms with Gasteiger partial charge in [0.05, 0.1) is 11.1 Å². The highest BCUT2D eigenvalue weighted by molar-refractivity contribution is 7.98. The van der Waals surface area contributed by atoms with Gasteiger partial charge in [0.15, 0.2) is 5.16 Å². The minimum absolute atomic E-state index is 0.0518. The first-order chi connectivity index (χ1) is 11.0. The van der Waals surface area contributed by atoms with Crippen molar-refractivity contribution in [2.75, 3.05) is 0 Å². The zero-order chi connectivity index (χ0) is 16.1. The van der Waals surface area contributed by atoms with Crippen LogP contribution in [-0.2, 0) is 12.8 Å². The Morgan fingerprint density at radius 2 is 2.13 bits per heavy atom. The van der Waals surface area contributed by atoms with Gasteiger partial charge in [0.2, 0.25) is 0 Å². The topological polar surface area (TPSA) is 76.5 Å². The monoisotopic (exact) mass is 347 g/mol. The van der Waals surface area contributed by atoms with Gasteiger partial charge in [-0.05, 0) is 32.3 Å². The SMILES string of the molecule is Cc1sc2nc(CSc3nnc(C4CC4)n3C)[nH]c(=O)c2c1C. The molecule has 0 aromatic carbocycles. The number of nitrogens with one attached hydrogen (secondary N) is 1. The van der Waals surface area contributed by atoms with Gasteiger partial charge in [0, 0.05) is 17.8 Å². The van der Waals surface area contributed by atoms with E-state index < -0.39 is 0 Å². The molecule has 8 heteroatoms. The molecule has 3 aromatic rings. The predicted molar refractivity (Wildman–Crippen MR) is 92.3 cm³/mol. The third kappa shape index (κ3) is 2.59. The lowest BCUT2D eigenvalue weighted by atomic mass is 10.2. The van der Waals surface area contributed by atoms with Crippen LogP contribution in [0.25, 0.3) is 10.2 Å². The second-order valence-electron chi connectivity index (χ2n) is 5.94. The molecule has 1 fully saturated rings. The number of hydrogen-bond donors (Lipinski definition) is 1. The van der Waals surface area contributed by atoms with Crippen LogP contribution in [0, 0.1) is 13.8 Å². The number of thiophene rings is 1. The average molecular weight is 347 g/mol. The molecule has 23 heavy (non-hydrogen) atoms. The first-order valence-corrected chi connectivity index (χ1v) is 9.35. The van der Waals surface area contributed by atoms with E-state index in [-0.39, 0.29) is 5.56 Å². The number of aromatic amines is 1. The Kier molecular flexibility index (Phi) is 3.53. The van der Waals surface area contributed by atoms with Crippen LogP contribution in [0.2, 0.25) is 0 Å². The van der Waals surface area contributed by atoms with Crippen LogP contribution in [0.15, 0.2) is 9.95 Å². The molecule has 4 rings (SSSR count). The van der Waals surface area contributed by atoms with Crippen LogP contribution in [0.1, 0.15) is 40.8 Å². The molecule has 0 unspecified atom stereocenters. The lowest BCUT2D eigenvalue weighted by molar-refractivity contribution is 0.736. The van der Waals surface area contributed by atoms with Gasteiger partial charge < -0.3 is 9.55 Å². The molecule has 0 radical (unpaired) electrons. The Morgan fingerprint density at radius 3 is 2.87 bits per heavy atom. The summed E-state index contributed by atoms with van der Waals surface area (Å²) in [5.41, 5.74) is 0.976. The highest BCUT2D eigenvalue weighted by Gasteiger charge is 2.29. The molecular formula is C15H17N5OS2. The Morgan fingerprint density at radius 1 is 1.35 bits per heavy atom. The van der Waals surface area contributed by atoms with Crippen molar-refractivity contribution >= 4 is 33.3 Å². The van der Waals surface area contributed by atoms with Gasteiger partial charge in [-0.2, -0.15) is 0 Å². The second-order valence-corrected chi connectivity index (χ2v) is 8.08. The van der Waals surface area contributed by atoms with E-state index in [1.807, 2.05) is 20.9 Å². The van der Waals surface area contributed by atoms with Crippen molar-refractivity contribution in [2.45, 2.75) is 43.5 Å². The molecule has 1 aliphatic rings. The number of rotatable bonds is 4. The summed E-state index contributed by atoms with van der Waals surface area (Å²) in [6.45, 7) is 3.99. The van der Waals surface area contributed by atoms with Crippen molar-refractivity contribution < 1.29 is 0 Å². The Hall–Kier alpha value is -1.67. The van der Waals surface area contributed by atoms with Crippen LogP contribution >= 0.6 is 23.1 Å². The maximum Gasteiger partial charge on any atom is 0.259 e. The van der Waals surface area contributed by atoms with Gasteiger partial charge in [-0.3, -0.25) is 4.79 Å². The van der Waals surface area contributed by atoms with Crippen LogP contribution in [-0.4, -0.2) is 24.7 Å². The van der Waals surface area contributed by atoms with Gasteiger partial charge in [0.25, 0.3) is 5.56 Å². The number of aromatic nitrogens is 5. The smallest absolute Gasteiger partial charge is 0.259 e. The standard InChI is InChI=1S/C15H17N5OS2/c1-7-8(2)23-14-11(7)13(21)16-10(17-14)6-22-15-19-18-12(20(15)3)9-4-5-9/h9H,4-6H2,1-3H3,(H,16,17,21). The number of aryl methyl sites for hydroxylation is 2. The molecule has 120 valence electrons. The van der Waals surface area contributed by atoms with Crippen molar-refractivity contribution in [1.29, 1.82) is 0 Å². The van der Waals surface area contributed by atoms with Crippen LogP contribution in [0.5, 0.6) is 0 Å². The van der Waals surface area contributed by atoms with Crippen molar-refractivity contribution in [2.24, 2.45) is 7.05 Å². The van der Waals surface area contributed by atoms with Gasteiger partial charge in [-0.15, -0.1) is 21.5 Å². The molecule has 0 atom stereocenters. The van der Waals surface area contributed by atoms with Crippen LogP contribution in [0.3, 0.4) is 0 Å². The average Bonchev–Trinajstić information content (AvgIpc) is 3.22. The quantitative estimate of drug-likeness (QED) is 0.734. The van der Waals surface area contributed by atoms with E-state index >= 15 is 0 Å². The zero-order valence-electron chi connectivity index (χ0n) is 13.2. The molecule has 1 saturated carbocycles. The van der Waals surface area contributed by atoms with Crippen LogP contribution in [0.4, 0.5) is 0 Å². The fourth-order valence-electron chi connectivity index (χ4n) is 2.65. The van der Waals surface area contributed by atoms with E-state index in [0.717, 1.165) is 31.6 Å². The summed E-state index contributed by atoms with van der Waals surface area (Å²) in [7, 11) is 2.00. The summed E-state index contributed by atoms with van der Waals surface area (Å²) in [6.07, 6.45) is 2.42. The molecule has 0 saturated heterocycles. The third-order valence-corrected chi connectivity index (χ3v) is 6.37. The van der Waals surface area contributed by atoms with Crippen molar-refractivity contribution in [3.8, 4) is 0 Å². The number of hydrogen-bond acceptors (Lipinski definition) is 6. The minimum Gasteiger partial charge on any atom is -0.309 e. The largest absolute Gasteiger partial charge is 0.309 e. The molecule has 0 amide bonds. The predicted octanol–water partition coefficient (Wildman–Crippen LogP) is 2.90. The zero-order valence-corrected chi connectivity index (χ0v) is 14.8. The fourth-order valence-corrected chi connectivity index (χ4v) is 4.49. The Bertz CT molecular complexity index is 951. The lowest BCUT2D eigenvalue weighted by Crippen LogP contribution is -2.11. The third-order valence-electron chi connectivity index (χ3n) is 4.24. The van der Waals surface area contributed by atoms with E-state index in [1.165, 1.54) is 12.8 Å². The van der Waals surface area contributed by atoms with Crippen molar-refractivity contribution in [3.63, 3.8) is 0 Å². The maximum absolute atomic E-state index is 12.3. The highest BCUT2D eigenvalue weighted by atomic mass is 32.2. The first-order valence-electron chi connectivity index (χ1n) is 7.55. The number of fused-ring (bicyclic) bond motifs is 1. The molecule has 0 aliphatic heterocycles. The van der Waals surface area contributed by atoms with Crippen LogP contribution < -0.4 is 5.56 Å². The highest BCUT2D eigenvalue weighted by Crippen LogP contribution is 2.39. The van der Waals surface area contributed by atoms with Gasteiger partial charge in [-0.25, -0.2) is 4.98 Å². The summed E-state index contributed by atoms with van der Waals surface area (Å²) >= 11 is 3.13. The van der Waals surface area contributed by atoms with Crippen molar-refractivity contribution in [1.82, 2.24) is 24.7 Å². The summed E-state index contributed by atoms with van der Waals surface area (Å²) in [5, 5.41) is 10.1. The van der Waals surface area contributed by atoms with E-state index in [1.54, 1.807) is 23.1 Å².